The van der Waals surface area contributed by atoms with Gasteiger partial charge in [-0.2, -0.15) is 0 Å². The number of benzene rings is 5. The smallest absolute Gasteiger partial charge is 0.0542 e. The van der Waals surface area contributed by atoms with Gasteiger partial charge >= 0.3 is 0 Å². The van der Waals surface area contributed by atoms with Crippen LogP contribution in [0.3, 0.4) is 0 Å². The highest BCUT2D eigenvalue weighted by molar-refractivity contribution is 7.36. The van der Waals surface area contributed by atoms with Crippen LogP contribution in [0.5, 0.6) is 0 Å². The van der Waals surface area contributed by atoms with Crippen LogP contribution in [0.15, 0.2) is 121 Å². The first-order valence-corrected chi connectivity index (χ1v) is 13.1. The molecule has 0 amide bonds. The van der Waals surface area contributed by atoms with Crippen LogP contribution in [0.4, 0.5) is 0 Å². The van der Waals surface area contributed by atoms with Gasteiger partial charge in [-0.05, 0) is 45.5 Å². The zero-order valence-corrected chi connectivity index (χ0v) is 20.0. The summed E-state index contributed by atoms with van der Waals surface area (Å²) in [6.45, 7) is 0. The highest BCUT2D eigenvalue weighted by Gasteiger charge is 2.13. The van der Waals surface area contributed by atoms with E-state index in [-0.39, 0.29) is 0 Å². The fraction of sp³-hybridized carbons (Fsp3) is 0. The van der Waals surface area contributed by atoms with E-state index in [1.165, 1.54) is 63.0 Å². The molecule has 2 heterocycles. The Labute approximate surface area is 206 Å². The third kappa shape index (κ3) is 3.27. The standard InChI is InChI=1S/C32H20S2/c1-3-7-21(8-4-1)23-11-13-24(14-12-23)26-16-18-28-30(20-26)34-31-27-17-15-25(19-29(27)33-32(28)31)22-9-5-2-6-10-22/h1-20H. The number of hydrogen-bond donors (Lipinski definition) is 0. The lowest BCUT2D eigenvalue weighted by atomic mass is 10.00. The molecule has 0 aliphatic heterocycles. The first-order valence-electron chi connectivity index (χ1n) is 11.4. The second-order valence-corrected chi connectivity index (χ2v) is 10.7. The van der Waals surface area contributed by atoms with Crippen LogP contribution in [0.1, 0.15) is 0 Å². The first kappa shape index (κ1) is 19.7. The van der Waals surface area contributed by atoms with Gasteiger partial charge in [-0.25, -0.2) is 0 Å². The first-order chi connectivity index (χ1) is 16.8. The number of hydrogen-bond acceptors (Lipinski definition) is 2. The molecule has 0 aliphatic carbocycles. The normalized spacial score (nSPS) is 11.5. The monoisotopic (exact) mass is 468 g/mol. The fourth-order valence-electron chi connectivity index (χ4n) is 4.73. The molecule has 5 aromatic carbocycles. The molecule has 2 aromatic heterocycles. The molecule has 0 N–H and O–H groups in total. The minimum absolute atomic E-state index is 1.25. The van der Waals surface area contributed by atoms with Crippen molar-refractivity contribution in [1.29, 1.82) is 0 Å². The Bertz CT molecular complexity index is 1770. The Morgan fingerprint density at radius 2 is 0.676 bits per heavy atom. The van der Waals surface area contributed by atoms with Crippen molar-refractivity contribution in [3.05, 3.63) is 121 Å². The zero-order chi connectivity index (χ0) is 22.5. The van der Waals surface area contributed by atoms with Crippen LogP contribution in [0.25, 0.3) is 63.0 Å². The van der Waals surface area contributed by atoms with Crippen LogP contribution in [0, 0.1) is 0 Å². The van der Waals surface area contributed by atoms with Crippen LogP contribution in [-0.4, -0.2) is 0 Å². The van der Waals surface area contributed by atoms with E-state index in [9.17, 15) is 0 Å². The molecule has 0 aliphatic rings. The van der Waals surface area contributed by atoms with Gasteiger partial charge in [0.15, 0.2) is 0 Å². The fourth-order valence-corrected chi connectivity index (χ4v) is 7.46. The molecule has 0 fully saturated rings. The maximum atomic E-state index is 2.36. The largest absolute Gasteiger partial charge is 0.134 e. The molecular formula is C32H20S2. The maximum Gasteiger partial charge on any atom is 0.0542 e. The van der Waals surface area contributed by atoms with Crippen molar-refractivity contribution < 1.29 is 0 Å². The minimum atomic E-state index is 1.25. The number of fused-ring (bicyclic) bond motifs is 5. The van der Waals surface area contributed by atoms with Gasteiger partial charge in [0.25, 0.3) is 0 Å². The average Bonchev–Trinajstić information content (AvgIpc) is 3.45. The molecule has 7 aromatic rings. The van der Waals surface area contributed by atoms with Gasteiger partial charge < -0.3 is 0 Å². The lowest BCUT2D eigenvalue weighted by molar-refractivity contribution is 1.60. The van der Waals surface area contributed by atoms with Crippen LogP contribution in [-0.2, 0) is 0 Å². The number of rotatable bonds is 3. The SMILES string of the molecule is c1ccc(-c2ccc(-c3ccc4c(c3)sc3c5ccc(-c6ccccc6)cc5sc43)cc2)cc1. The Kier molecular flexibility index (Phi) is 4.61. The second kappa shape index (κ2) is 7.95. The van der Waals surface area contributed by atoms with E-state index in [1.807, 2.05) is 22.7 Å². The summed E-state index contributed by atoms with van der Waals surface area (Å²) in [5.74, 6) is 0. The average molecular weight is 469 g/mol. The van der Waals surface area contributed by atoms with Crippen LogP contribution < -0.4 is 0 Å². The molecule has 2 heteroatoms. The van der Waals surface area contributed by atoms with Gasteiger partial charge in [0.05, 0.1) is 9.40 Å². The predicted octanol–water partition coefficient (Wildman–Crippen LogP) is 10.3. The topological polar surface area (TPSA) is 0 Å². The Morgan fingerprint density at radius 3 is 1.15 bits per heavy atom. The Morgan fingerprint density at radius 1 is 0.324 bits per heavy atom. The van der Waals surface area contributed by atoms with Gasteiger partial charge in [0, 0.05) is 20.2 Å². The lowest BCUT2D eigenvalue weighted by Crippen LogP contribution is -1.80. The molecule has 7 rings (SSSR count). The molecule has 0 radical (unpaired) electrons. The van der Waals surface area contributed by atoms with E-state index in [0.717, 1.165) is 0 Å². The predicted molar refractivity (Wildman–Crippen MR) is 151 cm³/mol. The summed E-state index contributed by atoms with van der Waals surface area (Å²) in [7, 11) is 0. The van der Waals surface area contributed by atoms with Gasteiger partial charge in [-0.3, -0.25) is 0 Å². The van der Waals surface area contributed by atoms with Crippen molar-refractivity contribution in [2.45, 2.75) is 0 Å². The third-order valence-corrected chi connectivity index (χ3v) is 9.02. The summed E-state index contributed by atoms with van der Waals surface area (Å²) in [5, 5.41) is 2.74. The summed E-state index contributed by atoms with van der Waals surface area (Å²) >= 11 is 3.84. The van der Waals surface area contributed by atoms with Gasteiger partial charge in [0.2, 0.25) is 0 Å². The van der Waals surface area contributed by atoms with Crippen molar-refractivity contribution in [2.24, 2.45) is 0 Å². The molecule has 0 atom stereocenters. The van der Waals surface area contributed by atoms with E-state index in [4.69, 9.17) is 0 Å². The molecule has 0 spiro atoms. The summed E-state index contributed by atoms with van der Waals surface area (Å²) in [6.07, 6.45) is 0. The molecule has 0 saturated heterocycles. The van der Waals surface area contributed by atoms with Gasteiger partial charge in [-0.15, -0.1) is 22.7 Å². The molecule has 160 valence electrons. The van der Waals surface area contributed by atoms with Gasteiger partial charge in [0.1, 0.15) is 0 Å². The quantitative estimate of drug-likeness (QED) is 0.242. The van der Waals surface area contributed by atoms with Crippen molar-refractivity contribution in [3.8, 4) is 33.4 Å². The van der Waals surface area contributed by atoms with E-state index in [2.05, 4.69) is 121 Å². The van der Waals surface area contributed by atoms with Crippen LogP contribution >= 0.6 is 22.7 Å². The van der Waals surface area contributed by atoms with E-state index in [1.54, 1.807) is 0 Å². The lowest BCUT2D eigenvalue weighted by Gasteiger charge is -2.05. The Hall–Kier alpha value is -3.72. The number of thiophene rings is 2. The second-order valence-electron chi connectivity index (χ2n) is 8.59. The van der Waals surface area contributed by atoms with E-state index >= 15 is 0 Å². The molecule has 34 heavy (non-hydrogen) atoms. The van der Waals surface area contributed by atoms with Crippen molar-refractivity contribution in [2.75, 3.05) is 0 Å². The van der Waals surface area contributed by atoms with E-state index < -0.39 is 0 Å². The summed E-state index contributed by atoms with van der Waals surface area (Å²) < 4.78 is 5.54. The molecule has 0 nitrogen and oxygen atoms in total. The molecule has 0 unspecified atom stereocenters. The Balaban J connectivity index is 1.28. The highest BCUT2D eigenvalue weighted by atomic mass is 32.1. The minimum Gasteiger partial charge on any atom is -0.134 e. The van der Waals surface area contributed by atoms with Crippen LogP contribution in [0.2, 0.25) is 0 Å². The maximum absolute atomic E-state index is 2.36. The van der Waals surface area contributed by atoms with E-state index in [0.29, 0.717) is 0 Å². The summed E-state index contributed by atoms with van der Waals surface area (Å²) in [4.78, 5) is 0. The van der Waals surface area contributed by atoms with Crippen molar-refractivity contribution in [1.82, 2.24) is 0 Å². The van der Waals surface area contributed by atoms with Gasteiger partial charge in [-0.1, -0.05) is 109 Å². The molecule has 0 saturated carbocycles. The molecular weight excluding hydrogens is 448 g/mol. The highest BCUT2D eigenvalue weighted by Crippen LogP contribution is 2.46. The zero-order valence-electron chi connectivity index (χ0n) is 18.4. The van der Waals surface area contributed by atoms with Crippen molar-refractivity contribution >= 4 is 52.2 Å². The summed E-state index contributed by atoms with van der Waals surface area (Å²) in [6, 6.07) is 43.9. The third-order valence-electron chi connectivity index (χ3n) is 6.52. The van der Waals surface area contributed by atoms with Crippen molar-refractivity contribution in [3.63, 3.8) is 0 Å². The molecule has 0 bridgehead atoms. The summed E-state index contributed by atoms with van der Waals surface area (Å²) in [5.41, 5.74) is 7.60.